The molecule has 0 radical (unpaired) electrons. The molecule has 2 amide bonds. The Bertz CT molecular complexity index is 343. The summed E-state index contributed by atoms with van der Waals surface area (Å²) in [5.74, 6) is 0. The number of urea groups is 1. The summed E-state index contributed by atoms with van der Waals surface area (Å²) in [4.78, 5) is 12.8. The lowest BCUT2D eigenvalue weighted by molar-refractivity contribution is 0.254. The molecular formula is C11H17N3O. The van der Waals surface area contributed by atoms with Crippen molar-refractivity contribution in [2.24, 2.45) is 11.5 Å². The van der Waals surface area contributed by atoms with Gasteiger partial charge in [-0.25, -0.2) is 4.79 Å². The van der Waals surface area contributed by atoms with Crippen LogP contribution in [0.4, 0.5) is 10.5 Å². The van der Waals surface area contributed by atoms with Gasteiger partial charge in [0, 0.05) is 13.1 Å². The minimum absolute atomic E-state index is 0.400. The molecule has 0 aliphatic carbocycles. The number of carbonyl (C=O) groups excluding carboxylic acids is 1. The summed E-state index contributed by atoms with van der Waals surface area (Å²) in [5.41, 5.74) is 13.7. The lowest BCUT2D eigenvalue weighted by atomic mass is 10.1. The largest absolute Gasteiger partial charge is 0.351 e. The number of nitrogens with zero attached hydrogens (tertiary/aromatic N) is 1. The zero-order chi connectivity index (χ0) is 11.4. The second-order valence-corrected chi connectivity index (χ2v) is 3.52. The molecule has 0 saturated heterocycles. The molecule has 4 nitrogen and oxygen atoms in total. The molecule has 1 aromatic rings. The molecule has 0 unspecified atom stereocenters. The Labute approximate surface area is 89.9 Å². The number of hydrogen-bond acceptors (Lipinski definition) is 2. The Morgan fingerprint density at radius 1 is 1.33 bits per heavy atom. The van der Waals surface area contributed by atoms with E-state index in [4.69, 9.17) is 11.5 Å². The second kappa shape index (κ2) is 4.79. The number of hydrogen-bond donors (Lipinski definition) is 2. The third kappa shape index (κ3) is 2.47. The van der Waals surface area contributed by atoms with Crippen LogP contribution in [0.15, 0.2) is 18.2 Å². The number of carbonyl (C=O) groups is 1. The predicted octanol–water partition coefficient (Wildman–Crippen LogP) is 1.15. The zero-order valence-electron chi connectivity index (χ0n) is 9.16. The number of nitrogens with two attached hydrogens (primary N) is 2. The van der Waals surface area contributed by atoms with Crippen LogP contribution in [-0.2, 0) is 0 Å². The van der Waals surface area contributed by atoms with Crippen molar-refractivity contribution in [2.45, 2.75) is 13.8 Å². The number of primary amides is 1. The van der Waals surface area contributed by atoms with Gasteiger partial charge in [-0.15, -0.1) is 0 Å². The molecule has 0 atom stereocenters. The average molecular weight is 207 g/mol. The molecule has 0 heterocycles. The highest BCUT2D eigenvalue weighted by Gasteiger charge is 2.15. The van der Waals surface area contributed by atoms with Gasteiger partial charge in [0.2, 0.25) is 0 Å². The van der Waals surface area contributed by atoms with Gasteiger partial charge in [-0.05, 0) is 25.0 Å². The normalized spacial score (nSPS) is 10.1. The predicted molar refractivity (Wildman–Crippen MR) is 61.9 cm³/mol. The molecule has 1 aromatic carbocycles. The van der Waals surface area contributed by atoms with Crippen LogP contribution in [0.5, 0.6) is 0 Å². The lowest BCUT2D eigenvalue weighted by Gasteiger charge is -2.23. The van der Waals surface area contributed by atoms with Crippen molar-refractivity contribution in [1.82, 2.24) is 0 Å². The van der Waals surface area contributed by atoms with Crippen LogP contribution < -0.4 is 16.4 Å². The summed E-state index contributed by atoms with van der Waals surface area (Å²) in [6.45, 7) is 4.75. The maximum Gasteiger partial charge on any atom is 0.319 e. The van der Waals surface area contributed by atoms with Gasteiger partial charge in [0.15, 0.2) is 0 Å². The summed E-state index contributed by atoms with van der Waals surface area (Å²) in [7, 11) is 0. The van der Waals surface area contributed by atoms with E-state index >= 15 is 0 Å². The summed E-state index contributed by atoms with van der Waals surface area (Å²) < 4.78 is 0. The zero-order valence-corrected chi connectivity index (χ0v) is 9.16. The molecule has 4 N–H and O–H groups in total. The number of aryl methyl sites for hydroxylation is 2. The Morgan fingerprint density at radius 2 is 1.87 bits per heavy atom. The van der Waals surface area contributed by atoms with E-state index in [1.807, 2.05) is 32.0 Å². The van der Waals surface area contributed by atoms with E-state index in [1.165, 1.54) is 4.90 Å². The van der Waals surface area contributed by atoms with Gasteiger partial charge in [0.05, 0.1) is 5.69 Å². The monoisotopic (exact) mass is 207 g/mol. The van der Waals surface area contributed by atoms with Crippen LogP contribution >= 0.6 is 0 Å². The fourth-order valence-electron chi connectivity index (χ4n) is 1.69. The van der Waals surface area contributed by atoms with Crippen LogP contribution in [0.2, 0.25) is 0 Å². The first-order chi connectivity index (χ1) is 7.07. The van der Waals surface area contributed by atoms with Gasteiger partial charge >= 0.3 is 6.03 Å². The third-order valence-corrected chi connectivity index (χ3v) is 2.33. The number of amides is 2. The maximum absolute atomic E-state index is 11.3. The van der Waals surface area contributed by atoms with E-state index in [1.54, 1.807) is 0 Å². The minimum atomic E-state index is -0.460. The van der Waals surface area contributed by atoms with Gasteiger partial charge < -0.3 is 11.5 Å². The van der Waals surface area contributed by atoms with Crippen molar-refractivity contribution in [3.63, 3.8) is 0 Å². The van der Waals surface area contributed by atoms with Crippen molar-refractivity contribution in [3.05, 3.63) is 29.3 Å². The molecule has 0 spiro atoms. The van der Waals surface area contributed by atoms with Gasteiger partial charge in [-0.3, -0.25) is 4.90 Å². The smallest absolute Gasteiger partial charge is 0.319 e. The van der Waals surface area contributed by atoms with Crippen molar-refractivity contribution < 1.29 is 4.79 Å². The van der Waals surface area contributed by atoms with E-state index < -0.39 is 6.03 Å². The lowest BCUT2D eigenvalue weighted by Crippen LogP contribution is -2.40. The molecule has 0 fully saturated rings. The van der Waals surface area contributed by atoms with Gasteiger partial charge in [0.25, 0.3) is 0 Å². The highest BCUT2D eigenvalue weighted by molar-refractivity contribution is 5.92. The molecule has 0 saturated carbocycles. The summed E-state index contributed by atoms with van der Waals surface area (Å²) in [5, 5.41) is 0. The van der Waals surface area contributed by atoms with Crippen molar-refractivity contribution >= 4 is 11.7 Å². The van der Waals surface area contributed by atoms with Gasteiger partial charge in [0.1, 0.15) is 0 Å². The maximum atomic E-state index is 11.3. The van der Waals surface area contributed by atoms with E-state index in [2.05, 4.69) is 0 Å². The van der Waals surface area contributed by atoms with Crippen LogP contribution in [0.1, 0.15) is 11.1 Å². The molecule has 1 rings (SSSR count). The number of rotatable bonds is 3. The van der Waals surface area contributed by atoms with E-state index in [9.17, 15) is 4.79 Å². The SMILES string of the molecule is Cc1cccc(C)c1N(CCN)C(N)=O. The molecule has 0 bridgehead atoms. The first-order valence-corrected chi connectivity index (χ1v) is 4.91. The minimum Gasteiger partial charge on any atom is -0.351 e. The summed E-state index contributed by atoms with van der Waals surface area (Å²) >= 11 is 0. The van der Waals surface area contributed by atoms with Crippen molar-refractivity contribution in [2.75, 3.05) is 18.0 Å². The standard InChI is InChI=1S/C11H17N3O/c1-8-4-3-5-9(2)10(8)14(7-6-12)11(13)15/h3-5H,6-7,12H2,1-2H3,(H2,13,15). The molecular weight excluding hydrogens is 190 g/mol. The molecule has 4 heteroatoms. The number of benzene rings is 1. The quantitative estimate of drug-likeness (QED) is 0.780. The highest BCUT2D eigenvalue weighted by Crippen LogP contribution is 2.23. The number of anilines is 1. The molecule has 0 aromatic heterocycles. The van der Waals surface area contributed by atoms with Crippen LogP contribution in [0.3, 0.4) is 0 Å². The Hall–Kier alpha value is -1.55. The molecule has 0 aliphatic rings. The highest BCUT2D eigenvalue weighted by atomic mass is 16.2. The summed E-state index contributed by atoms with van der Waals surface area (Å²) in [6.07, 6.45) is 0. The Morgan fingerprint density at radius 3 is 2.27 bits per heavy atom. The van der Waals surface area contributed by atoms with Crippen LogP contribution in [0, 0.1) is 13.8 Å². The molecule has 0 aliphatic heterocycles. The van der Waals surface area contributed by atoms with Crippen LogP contribution in [-0.4, -0.2) is 19.1 Å². The van der Waals surface area contributed by atoms with E-state index in [0.717, 1.165) is 16.8 Å². The summed E-state index contributed by atoms with van der Waals surface area (Å²) in [6, 6.07) is 5.40. The van der Waals surface area contributed by atoms with Gasteiger partial charge in [-0.2, -0.15) is 0 Å². The van der Waals surface area contributed by atoms with E-state index in [-0.39, 0.29) is 0 Å². The van der Waals surface area contributed by atoms with Crippen molar-refractivity contribution in [1.29, 1.82) is 0 Å². The fraction of sp³-hybridized carbons (Fsp3) is 0.364. The average Bonchev–Trinajstić information content (AvgIpc) is 2.15. The first kappa shape index (κ1) is 11.5. The van der Waals surface area contributed by atoms with Crippen molar-refractivity contribution in [3.8, 4) is 0 Å². The Kier molecular flexibility index (Phi) is 3.68. The molecule has 15 heavy (non-hydrogen) atoms. The van der Waals surface area contributed by atoms with Crippen LogP contribution in [0.25, 0.3) is 0 Å². The first-order valence-electron chi connectivity index (χ1n) is 4.91. The van der Waals surface area contributed by atoms with E-state index in [0.29, 0.717) is 13.1 Å². The third-order valence-electron chi connectivity index (χ3n) is 2.33. The number of para-hydroxylation sites is 1. The van der Waals surface area contributed by atoms with Gasteiger partial charge in [-0.1, -0.05) is 18.2 Å². The Balaban J connectivity index is 3.15. The molecule has 82 valence electrons. The fourth-order valence-corrected chi connectivity index (χ4v) is 1.69. The second-order valence-electron chi connectivity index (χ2n) is 3.52. The topological polar surface area (TPSA) is 72.3 Å².